The molecule has 1 aromatic carbocycles. The largest absolute Gasteiger partial charge is 0.573 e. The van der Waals surface area contributed by atoms with Gasteiger partial charge in [-0.2, -0.15) is 0 Å². The number of piperidine rings is 1. The average Bonchev–Trinajstić information content (AvgIpc) is 3.42. The quantitative estimate of drug-likeness (QED) is 0.235. The van der Waals surface area contributed by atoms with Crippen LogP contribution in [0.25, 0.3) is 11.3 Å². The number of nitrogens with two attached hydrogens (primary N) is 1. The monoisotopic (exact) mass is 649 g/mol. The number of carbonyl (C=O) groups is 3. The van der Waals surface area contributed by atoms with E-state index < -0.39 is 41.8 Å². The molecule has 1 aliphatic rings. The number of ether oxygens (including phenoxy) is 3. The fourth-order valence-electron chi connectivity index (χ4n) is 4.77. The van der Waals surface area contributed by atoms with Gasteiger partial charge in [0.25, 0.3) is 5.91 Å². The summed E-state index contributed by atoms with van der Waals surface area (Å²) < 4.78 is 69.0. The number of rotatable bonds is 11. The minimum Gasteiger partial charge on any atom is -0.471 e. The summed E-state index contributed by atoms with van der Waals surface area (Å²) in [6.45, 7) is 5.78. The highest BCUT2D eigenvalue weighted by atomic mass is 19.4. The average molecular weight is 650 g/mol. The molecule has 2 N–H and O–H groups in total. The highest BCUT2D eigenvalue weighted by Crippen LogP contribution is 2.28. The van der Waals surface area contributed by atoms with Crippen LogP contribution in [0.4, 0.5) is 17.6 Å². The number of imidazole rings is 1. The molecule has 11 nitrogen and oxygen atoms in total. The number of amides is 2. The van der Waals surface area contributed by atoms with E-state index in [9.17, 15) is 27.6 Å². The van der Waals surface area contributed by atoms with Gasteiger partial charge in [-0.3, -0.25) is 14.4 Å². The highest BCUT2D eigenvalue weighted by molar-refractivity contribution is 5.96. The van der Waals surface area contributed by atoms with Gasteiger partial charge in [0, 0.05) is 43.9 Å². The number of primary amides is 1. The van der Waals surface area contributed by atoms with E-state index in [4.69, 9.17) is 15.2 Å². The molecule has 0 aliphatic carbocycles. The van der Waals surface area contributed by atoms with Crippen molar-refractivity contribution in [2.24, 2.45) is 5.73 Å². The van der Waals surface area contributed by atoms with Crippen LogP contribution in [0.2, 0.25) is 0 Å². The minimum atomic E-state index is -4.83. The van der Waals surface area contributed by atoms with E-state index in [-0.39, 0.29) is 49.8 Å². The van der Waals surface area contributed by atoms with Crippen molar-refractivity contribution in [1.82, 2.24) is 19.4 Å². The molecule has 46 heavy (non-hydrogen) atoms. The molecule has 0 saturated carbocycles. The van der Waals surface area contributed by atoms with E-state index >= 15 is 4.39 Å². The van der Waals surface area contributed by atoms with Crippen LogP contribution >= 0.6 is 0 Å². The van der Waals surface area contributed by atoms with Gasteiger partial charge in [0.05, 0.1) is 25.0 Å². The Bertz CT molecular complexity index is 1540. The summed E-state index contributed by atoms with van der Waals surface area (Å²) in [5.74, 6) is -2.10. The Hall–Kier alpha value is -4.69. The Balaban J connectivity index is 1.32. The lowest BCUT2D eigenvalue weighted by Gasteiger charge is -2.34. The summed E-state index contributed by atoms with van der Waals surface area (Å²) in [6, 6.07) is 6.32. The van der Waals surface area contributed by atoms with Gasteiger partial charge in [-0.1, -0.05) is 12.1 Å². The van der Waals surface area contributed by atoms with Crippen LogP contribution in [0.15, 0.2) is 49.1 Å². The van der Waals surface area contributed by atoms with Crippen molar-refractivity contribution in [2.75, 3.05) is 13.1 Å². The van der Waals surface area contributed by atoms with E-state index in [1.165, 1.54) is 29.3 Å². The number of esters is 1. The number of likely N-dealkylation sites (tertiary alicyclic amines) is 1. The van der Waals surface area contributed by atoms with Crippen LogP contribution in [0.3, 0.4) is 0 Å². The van der Waals surface area contributed by atoms with Gasteiger partial charge in [-0.05, 0) is 51.0 Å². The highest BCUT2D eigenvalue weighted by Gasteiger charge is 2.34. The Kier molecular flexibility index (Phi) is 10.5. The van der Waals surface area contributed by atoms with Crippen LogP contribution in [0, 0.1) is 0 Å². The number of pyridine rings is 1. The summed E-state index contributed by atoms with van der Waals surface area (Å²) in [5.41, 5.74) is 6.37. The van der Waals surface area contributed by atoms with Crippen molar-refractivity contribution < 1.29 is 46.2 Å². The van der Waals surface area contributed by atoms with Gasteiger partial charge in [-0.25, -0.2) is 14.4 Å². The third-order valence-electron chi connectivity index (χ3n) is 6.87. The lowest BCUT2D eigenvalue weighted by Crippen LogP contribution is -2.49. The zero-order valence-corrected chi connectivity index (χ0v) is 25.6. The second kappa shape index (κ2) is 14.2. The second-order valence-electron chi connectivity index (χ2n) is 11.8. The number of alkyl halides is 4. The molecule has 0 radical (unpaired) electrons. The fourth-order valence-corrected chi connectivity index (χ4v) is 4.77. The molecular weight excluding hydrogens is 614 g/mol. The van der Waals surface area contributed by atoms with Crippen molar-refractivity contribution in [1.29, 1.82) is 0 Å². The maximum Gasteiger partial charge on any atom is 0.573 e. The molecule has 2 atom stereocenters. The number of carbonyl (C=O) groups excluding carboxylic acids is 3. The standard InChI is InChI=1S/C31H35F4N5O6/c1-30(2,3)46-27(42)5-4-11-39-17-24(38-18-39)20-14-22(28(36)43)29(37-15-20)44-25-10-12-40(16-23(25)32)26(41)13-19-6-8-21(9-7-19)45-31(33,34)35/h6-9,14-15,17-18,23,25H,4-5,10-13,16H2,1-3H3,(H2,36,43)/t23-,25-/m1/s1. The molecule has 1 saturated heterocycles. The van der Waals surface area contributed by atoms with Crippen molar-refractivity contribution in [3.63, 3.8) is 0 Å². The van der Waals surface area contributed by atoms with E-state index in [1.807, 2.05) is 0 Å². The van der Waals surface area contributed by atoms with Crippen molar-refractivity contribution in [3.8, 4) is 22.9 Å². The van der Waals surface area contributed by atoms with E-state index in [0.717, 1.165) is 12.1 Å². The third kappa shape index (κ3) is 9.91. The summed E-state index contributed by atoms with van der Waals surface area (Å²) in [7, 11) is 0. The summed E-state index contributed by atoms with van der Waals surface area (Å²) in [4.78, 5) is 46.8. The molecule has 3 heterocycles. The molecule has 1 aliphatic heterocycles. The number of benzene rings is 1. The van der Waals surface area contributed by atoms with Crippen molar-refractivity contribution >= 4 is 17.8 Å². The van der Waals surface area contributed by atoms with Gasteiger partial charge < -0.3 is 29.4 Å². The summed E-state index contributed by atoms with van der Waals surface area (Å²) in [6.07, 6.45) is -1.99. The van der Waals surface area contributed by atoms with Crippen LogP contribution in [0.5, 0.6) is 11.6 Å². The number of aryl methyl sites for hydroxylation is 1. The summed E-state index contributed by atoms with van der Waals surface area (Å²) >= 11 is 0. The van der Waals surface area contributed by atoms with Gasteiger partial charge >= 0.3 is 12.3 Å². The lowest BCUT2D eigenvalue weighted by molar-refractivity contribution is -0.274. The molecule has 0 unspecified atom stereocenters. The molecule has 1 fully saturated rings. The van der Waals surface area contributed by atoms with Gasteiger partial charge in [-0.15, -0.1) is 13.2 Å². The molecule has 4 rings (SSSR count). The maximum atomic E-state index is 15.2. The Labute approximate surface area is 262 Å². The first-order valence-electron chi connectivity index (χ1n) is 14.5. The number of halogens is 4. The van der Waals surface area contributed by atoms with Crippen LogP contribution in [-0.2, 0) is 27.3 Å². The number of hydrogen-bond acceptors (Lipinski definition) is 8. The first kappa shape index (κ1) is 34.2. The molecule has 0 bridgehead atoms. The summed E-state index contributed by atoms with van der Waals surface area (Å²) in [5, 5.41) is 0. The van der Waals surface area contributed by atoms with E-state index in [0.29, 0.717) is 29.8 Å². The normalized spacial score (nSPS) is 17.0. The predicted octanol–water partition coefficient (Wildman–Crippen LogP) is 4.63. The zero-order valence-electron chi connectivity index (χ0n) is 25.6. The topological polar surface area (TPSA) is 139 Å². The second-order valence-corrected chi connectivity index (χ2v) is 11.8. The zero-order chi connectivity index (χ0) is 33.6. The first-order valence-corrected chi connectivity index (χ1v) is 14.5. The molecule has 248 valence electrons. The van der Waals surface area contributed by atoms with Crippen LogP contribution < -0.4 is 15.2 Å². The Morgan fingerprint density at radius 1 is 1.09 bits per heavy atom. The predicted molar refractivity (Wildman–Crippen MR) is 156 cm³/mol. The molecule has 2 aromatic heterocycles. The number of aromatic nitrogens is 3. The van der Waals surface area contributed by atoms with Crippen molar-refractivity contribution in [2.45, 2.75) is 77.2 Å². The minimum absolute atomic E-state index is 0.0689. The van der Waals surface area contributed by atoms with E-state index in [1.54, 1.807) is 37.9 Å². The smallest absolute Gasteiger partial charge is 0.471 e. The van der Waals surface area contributed by atoms with Gasteiger partial charge in [0.2, 0.25) is 11.8 Å². The molecule has 3 aromatic rings. The van der Waals surface area contributed by atoms with E-state index in [2.05, 4.69) is 14.7 Å². The number of nitrogens with zero attached hydrogens (tertiary/aromatic N) is 4. The number of hydrogen-bond donors (Lipinski definition) is 1. The Morgan fingerprint density at radius 3 is 2.43 bits per heavy atom. The SMILES string of the molecule is CC(C)(C)OC(=O)CCCn1cnc(-c2cnc(O[C@@H]3CCN(C(=O)Cc4ccc(OC(F)(F)F)cc4)C[C@H]3F)c(C(N)=O)c2)c1. The maximum absolute atomic E-state index is 15.2. The van der Waals surface area contributed by atoms with Crippen LogP contribution in [0.1, 0.15) is 56.0 Å². The molecular formula is C31H35F4N5O6. The fraction of sp³-hybridized carbons (Fsp3) is 0.452. The molecule has 0 spiro atoms. The lowest BCUT2D eigenvalue weighted by atomic mass is 10.0. The van der Waals surface area contributed by atoms with Crippen LogP contribution in [-0.4, -0.2) is 74.5 Å². The first-order chi connectivity index (χ1) is 21.6. The molecule has 15 heteroatoms. The van der Waals surface area contributed by atoms with Crippen molar-refractivity contribution in [3.05, 3.63) is 60.2 Å². The van der Waals surface area contributed by atoms with Gasteiger partial charge in [0.1, 0.15) is 23.0 Å². The third-order valence-corrected chi connectivity index (χ3v) is 6.87. The Morgan fingerprint density at radius 2 is 1.80 bits per heavy atom. The molecule has 2 amide bonds. The van der Waals surface area contributed by atoms with Gasteiger partial charge in [0.15, 0.2) is 6.17 Å².